The minimum Gasteiger partial charge on any atom is -0.493 e. The third-order valence-electron chi connectivity index (χ3n) is 6.19. The van der Waals surface area contributed by atoms with Gasteiger partial charge in [-0.2, -0.15) is 0 Å². The average molecular weight is 410 g/mol. The van der Waals surface area contributed by atoms with Crippen LogP contribution in [-0.4, -0.2) is 24.2 Å². The Kier molecular flexibility index (Phi) is 7.54. The molecule has 1 aliphatic carbocycles. The number of carboxylic acid groups (broad SMARTS) is 1. The van der Waals surface area contributed by atoms with Gasteiger partial charge in [0, 0.05) is 12.0 Å². The summed E-state index contributed by atoms with van der Waals surface area (Å²) in [6, 6.07) is 12.3. The van der Waals surface area contributed by atoms with Crippen molar-refractivity contribution < 1.29 is 14.6 Å². The third-order valence-corrected chi connectivity index (χ3v) is 6.19. The summed E-state index contributed by atoms with van der Waals surface area (Å²) in [7, 11) is 0. The average Bonchev–Trinajstić information content (AvgIpc) is 3.35. The van der Waals surface area contributed by atoms with Crippen LogP contribution in [-0.2, 0) is 24.1 Å². The fraction of sp³-hybridized carbons (Fsp3) is 0.500. The van der Waals surface area contributed by atoms with E-state index in [0.717, 1.165) is 43.7 Å². The molecule has 4 heteroatoms. The molecule has 0 unspecified atom stereocenters. The Labute approximate surface area is 180 Å². The molecule has 4 nitrogen and oxygen atoms in total. The van der Waals surface area contributed by atoms with Crippen molar-refractivity contribution in [2.45, 2.75) is 64.7 Å². The van der Waals surface area contributed by atoms with Crippen LogP contribution in [0.3, 0.4) is 0 Å². The Bertz CT molecular complexity index is 855. The number of ether oxygens (including phenoxy) is 1. The van der Waals surface area contributed by atoms with Gasteiger partial charge in [-0.05, 0) is 79.3 Å². The van der Waals surface area contributed by atoms with Gasteiger partial charge >= 0.3 is 5.97 Å². The summed E-state index contributed by atoms with van der Waals surface area (Å²) in [6.45, 7) is 7.72. The zero-order valence-corrected chi connectivity index (χ0v) is 18.5. The smallest absolute Gasteiger partial charge is 0.310 e. The lowest BCUT2D eigenvalue weighted by atomic mass is 9.92. The van der Waals surface area contributed by atoms with Crippen molar-refractivity contribution in [2.24, 2.45) is 11.7 Å². The number of aryl methyl sites for hydroxylation is 1. The molecule has 0 fully saturated rings. The molecule has 3 N–H and O–H groups in total. The topological polar surface area (TPSA) is 72.5 Å². The molecule has 0 aromatic heterocycles. The maximum absolute atomic E-state index is 10.8. The van der Waals surface area contributed by atoms with Crippen LogP contribution in [0.15, 0.2) is 36.4 Å². The number of rotatable bonds is 6. The predicted molar refractivity (Wildman–Crippen MR) is 121 cm³/mol. The van der Waals surface area contributed by atoms with E-state index in [9.17, 15) is 4.79 Å². The van der Waals surface area contributed by atoms with Crippen LogP contribution >= 0.6 is 0 Å². The van der Waals surface area contributed by atoms with Crippen LogP contribution < -0.4 is 10.5 Å². The second-order valence-corrected chi connectivity index (χ2v) is 8.93. The van der Waals surface area contributed by atoms with E-state index in [1.807, 2.05) is 24.3 Å². The van der Waals surface area contributed by atoms with Crippen LogP contribution in [0.2, 0.25) is 0 Å². The molecular formula is C26H35NO3. The number of aliphatic carboxylic acids is 1. The van der Waals surface area contributed by atoms with Gasteiger partial charge in [-0.15, -0.1) is 0 Å². The van der Waals surface area contributed by atoms with Crippen molar-refractivity contribution in [3.8, 4) is 5.75 Å². The number of carbonyl (C=O) groups is 1. The summed E-state index contributed by atoms with van der Waals surface area (Å²) in [5.41, 5.74) is 12.4. The van der Waals surface area contributed by atoms with Gasteiger partial charge in [0.1, 0.15) is 5.75 Å². The molecule has 0 saturated carbocycles. The molecule has 0 bridgehead atoms. The number of fused-ring (bicyclic) bond motifs is 3. The molecule has 0 amide bonds. The summed E-state index contributed by atoms with van der Waals surface area (Å²) in [6.07, 6.45) is 5.78. The van der Waals surface area contributed by atoms with E-state index in [4.69, 9.17) is 15.6 Å². The zero-order valence-electron chi connectivity index (χ0n) is 18.5. The summed E-state index contributed by atoms with van der Waals surface area (Å²) in [4.78, 5) is 10.8. The lowest BCUT2D eigenvalue weighted by molar-refractivity contribution is -0.138. The standard InChI is InChI=1S/C13H17NO.C13H18O2/c14-7-5-10-2-1-9-3-4-12-11(13(9)10)6-8-15-12;1-9(2)8-11-4-6-12(7-5-11)10(3)13(14)15/h3-4,10H,1-2,5-8,14H2;4-7,9-10H,8H2,1-3H3,(H,14,15)/t2*10-/m00/s1. The third kappa shape index (κ3) is 5.23. The Balaban J connectivity index is 0.000000171. The molecule has 0 radical (unpaired) electrons. The summed E-state index contributed by atoms with van der Waals surface area (Å²) >= 11 is 0. The maximum Gasteiger partial charge on any atom is 0.310 e. The van der Waals surface area contributed by atoms with Crippen LogP contribution in [0, 0.1) is 5.92 Å². The van der Waals surface area contributed by atoms with E-state index < -0.39 is 11.9 Å². The van der Waals surface area contributed by atoms with E-state index in [0.29, 0.717) is 11.8 Å². The first kappa shape index (κ1) is 22.4. The van der Waals surface area contributed by atoms with Crippen LogP contribution in [0.5, 0.6) is 5.75 Å². The molecule has 2 aromatic rings. The molecule has 0 spiro atoms. The zero-order chi connectivity index (χ0) is 21.7. The van der Waals surface area contributed by atoms with Crippen LogP contribution in [0.1, 0.15) is 73.3 Å². The predicted octanol–water partition coefficient (Wildman–Crippen LogP) is 5.07. The van der Waals surface area contributed by atoms with E-state index >= 15 is 0 Å². The van der Waals surface area contributed by atoms with E-state index in [-0.39, 0.29) is 0 Å². The minimum absolute atomic E-state index is 0.418. The second kappa shape index (κ2) is 10.1. The summed E-state index contributed by atoms with van der Waals surface area (Å²) in [5, 5.41) is 8.85. The van der Waals surface area contributed by atoms with Crippen molar-refractivity contribution in [1.82, 2.24) is 0 Å². The van der Waals surface area contributed by atoms with E-state index in [1.165, 1.54) is 29.5 Å². The molecule has 0 saturated heterocycles. The molecule has 1 aliphatic heterocycles. The number of hydrogen-bond acceptors (Lipinski definition) is 3. The van der Waals surface area contributed by atoms with Gasteiger partial charge < -0.3 is 15.6 Å². The Morgan fingerprint density at radius 2 is 1.87 bits per heavy atom. The second-order valence-electron chi connectivity index (χ2n) is 8.93. The molecule has 30 heavy (non-hydrogen) atoms. The van der Waals surface area contributed by atoms with Gasteiger partial charge in [0.15, 0.2) is 0 Å². The summed E-state index contributed by atoms with van der Waals surface area (Å²) in [5.74, 6) is 1.26. The Hall–Kier alpha value is -2.33. The summed E-state index contributed by atoms with van der Waals surface area (Å²) < 4.78 is 5.62. The minimum atomic E-state index is -0.772. The number of nitrogens with two attached hydrogens (primary N) is 1. The quantitative estimate of drug-likeness (QED) is 0.698. The fourth-order valence-corrected chi connectivity index (χ4v) is 4.60. The normalized spacial score (nSPS) is 17.6. The first-order valence-electron chi connectivity index (χ1n) is 11.2. The molecule has 2 atom stereocenters. The van der Waals surface area contributed by atoms with Gasteiger partial charge in [-0.1, -0.05) is 44.2 Å². The van der Waals surface area contributed by atoms with Gasteiger partial charge in [0.25, 0.3) is 0 Å². The van der Waals surface area contributed by atoms with Crippen LogP contribution in [0.25, 0.3) is 0 Å². The lowest BCUT2D eigenvalue weighted by Gasteiger charge is -2.13. The first-order valence-corrected chi connectivity index (χ1v) is 11.2. The Morgan fingerprint density at radius 3 is 2.50 bits per heavy atom. The van der Waals surface area contributed by atoms with Gasteiger partial charge in [-0.3, -0.25) is 4.79 Å². The molecule has 4 rings (SSSR count). The number of benzene rings is 2. The van der Waals surface area contributed by atoms with E-state index in [2.05, 4.69) is 26.0 Å². The van der Waals surface area contributed by atoms with Gasteiger partial charge in [0.2, 0.25) is 0 Å². The maximum atomic E-state index is 10.8. The highest BCUT2D eigenvalue weighted by Gasteiger charge is 2.28. The van der Waals surface area contributed by atoms with Crippen molar-refractivity contribution in [3.05, 3.63) is 64.2 Å². The monoisotopic (exact) mass is 409 g/mol. The van der Waals surface area contributed by atoms with Gasteiger partial charge in [-0.25, -0.2) is 0 Å². The van der Waals surface area contributed by atoms with Crippen LogP contribution in [0.4, 0.5) is 0 Å². The van der Waals surface area contributed by atoms with E-state index in [1.54, 1.807) is 12.5 Å². The highest BCUT2D eigenvalue weighted by atomic mass is 16.5. The fourth-order valence-electron chi connectivity index (χ4n) is 4.60. The van der Waals surface area contributed by atoms with Crippen molar-refractivity contribution in [3.63, 3.8) is 0 Å². The van der Waals surface area contributed by atoms with Crippen molar-refractivity contribution >= 4 is 5.97 Å². The number of carboxylic acids is 1. The molecule has 1 heterocycles. The Morgan fingerprint density at radius 1 is 1.13 bits per heavy atom. The molecule has 2 aliphatic rings. The highest BCUT2D eigenvalue weighted by molar-refractivity contribution is 5.75. The van der Waals surface area contributed by atoms with Crippen molar-refractivity contribution in [2.75, 3.05) is 13.2 Å². The molecular weight excluding hydrogens is 374 g/mol. The molecule has 162 valence electrons. The SMILES string of the molecule is CC(C)Cc1ccc([C@H](C)C(=O)O)cc1.NCC[C@@H]1CCc2ccc3c(c21)CCO3. The largest absolute Gasteiger partial charge is 0.493 e. The highest BCUT2D eigenvalue weighted by Crippen LogP contribution is 2.42. The van der Waals surface area contributed by atoms with Crippen molar-refractivity contribution in [1.29, 1.82) is 0 Å². The first-order chi connectivity index (χ1) is 14.4. The molecule has 2 aromatic carbocycles. The number of hydrogen-bond donors (Lipinski definition) is 2. The lowest BCUT2D eigenvalue weighted by Crippen LogP contribution is -2.07. The van der Waals surface area contributed by atoms with Gasteiger partial charge in [0.05, 0.1) is 12.5 Å².